The molecular formula is C14H13BrN2OS. The minimum atomic E-state index is -0.0153. The van der Waals surface area contributed by atoms with Crippen molar-refractivity contribution < 1.29 is 4.79 Å². The van der Waals surface area contributed by atoms with Crippen molar-refractivity contribution in [1.82, 2.24) is 4.98 Å². The molecule has 1 aromatic heterocycles. The summed E-state index contributed by atoms with van der Waals surface area (Å²) in [5.74, 6) is 0.378. The van der Waals surface area contributed by atoms with Crippen molar-refractivity contribution in [2.75, 3.05) is 11.1 Å². The lowest BCUT2D eigenvalue weighted by Crippen LogP contribution is -2.13. The zero-order valence-corrected chi connectivity index (χ0v) is 12.8. The standard InChI is InChI=1S/C14H13BrN2OS/c1-10-8-11(15)2-3-13(10)19-9-14(18)17-12-4-6-16-7-5-12/h2-8H,9H2,1H3,(H,16,17,18). The number of nitrogens with zero attached hydrogens (tertiary/aromatic N) is 1. The largest absolute Gasteiger partial charge is 0.325 e. The molecule has 0 fully saturated rings. The minimum Gasteiger partial charge on any atom is -0.325 e. The average molecular weight is 337 g/mol. The summed E-state index contributed by atoms with van der Waals surface area (Å²) in [6.07, 6.45) is 3.31. The SMILES string of the molecule is Cc1cc(Br)ccc1SCC(=O)Nc1ccncc1. The lowest BCUT2D eigenvalue weighted by Gasteiger charge is -2.07. The molecule has 1 aromatic carbocycles. The summed E-state index contributed by atoms with van der Waals surface area (Å²) in [5, 5.41) is 2.83. The number of hydrogen-bond donors (Lipinski definition) is 1. The summed E-state index contributed by atoms with van der Waals surface area (Å²) >= 11 is 4.96. The maximum absolute atomic E-state index is 11.8. The van der Waals surface area contributed by atoms with Gasteiger partial charge in [0.05, 0.1) is 5.75 Å². The molecule has 5 heteroatoms. The third kappa shape index (κ3) is 4.36. The highest BCUT2D eigenvalue weighted by molar-refractivity contribution is 9.10. The van der Waals surface area contributed by atoms with Gasteiger partial charge in [0.15, 0.2) is 0 Å². The van der Waals surface area contributed by atoms with Gasteiger partial charge in [-0.15, -0.1) is 11.8 Å². The van der Waals surface area contributed by atoms with Crippen LogP contribution >= 0.6 is 27.7 Å². The van der Waals surface area contributed by atoms with E-state index < -0.39 is 0 Å². The molecule has 1 N–H and O–H groups in total. The van der Waals surface area contributed by atoms with Crippen LogP contribution in [0.2, 0.25) is 0 Å². The van der Waals surface area contributed by atoms with E-state index in [0.717, 1.165) is 20.6 Å². The fraction of sp³-hybridized carbons (Fsp3) is 0.143. The monoisotopic (exact) mass is 336 g/mol. The van der Waals surface area contributed by atoms with Gasteiger partial charge in [0.2, 0.25) is 5.91 Å². The third-order valence-electron chi connectivity index (χ3n) is 2.46. The van der Waals surface area contributed by atoms with Crippen LogP contribution in [-0.2, 0) is 4.79 Å². The van der Waals surface area contributed by atoms with Gasteiger partial charge in [-0.1, -0.05) is 15.9 Å². The van der Waals surface area contributed by atoms with Crippen LogP contribution in [0.3, 0.4) is 0 Å². The van der Waals surface area contributed by atoms with Crippen molar-refractivity contribution in [2.45, 2.75) is 11.8 Å². The summed E-state index contributed by atoms with van der Waals surface area (Å²) in [5.41, 5.74) is 1.93. The van der Waals surface area contributed by atoms with Crippen molar-refractivity contribution in [3.8, 4) is 0 Å². The Balaban J connectivity index is 1.90. The van der Waals surface area contributed by atoms with E-state index in [0.29, 0.717) is 5.75 Å². The topological polar surface area (TPSA) is 42.0 Å². The van der Waals surface area contributed by atoms with Crippen molar-refractivity contribution in [2.24, 2.45) is 0 Å². The molecule has 0 bridgehead atoms. The van der Waals surface area contributed by atoms with Gasteiger partial charge in [-0.2, -0.15) is 0 Å². The Morgan fingerprint density at radius 2 is 2.05 bits per heavy atom. The fourth-order valence-electron chi connectivity index (χ4n) is 1.55. The first-order valence-electron chi connectivity index (χ1n) is 5.74. The highest BCUT2D eigenvalue weighted by Crippen LogP contribution is 2.25. The van der Waals surface area contributed by atoms with E-state index in [9.17, 15) is 4.79 Å². The van der Waals surface area contributed by atoms with Crippen molar-refractivity contribution in [3.05, 3.63) is 52.8 Å². The number of rotatable bonds is 4. The third-order valence-corrected chi connectivity index (χ3v) is 4.13. The van der Waals surface area contributed by atoms with E-state index in [4.69, 9.17) is 0 Å². The Bertz CT molecular complexity index is 575. The molecule has 2 rings (SSSR count). The molecule has 0 unspecified atom stereocenters. The van der Waals surface area contributed by atoms with Gasteiger partial charge in [-0.05, 0) is 42.8 Å². The van der Waals surface area contributed by atoms with Gasteiger partial charge in [-0.25, -0.2) is 0 Å². The predicted molar refractivity (Wildman–Crippen MR) is 82.5 cm³/mol. The second kappa shape index (κ2) is 6.73. The molecule has 0 saturated carbocycles. The molecule has 1 amide bonds. The second-order valence-electron chi connectivity index (χ2n) is 3.98. The van der Waals surface area contributed by atoms with Crippen LogP contribution in [0.5, 0.6) is 0 Å². The molecule has 0 saturated heterocycles. The summed E-state index contributed by atoms with van der Waals surface area (Å²) < 4.78 is 1.05. The average Bonchev–Trinajstić information content (AvgIpc) is 2.39. The number of pyridine rings is 1. The molecule has 0 atom stereocenters. The van der Waals surface area contributed by atoms with Crippen LogP contribution in [0, 0.1) is 6.92 Å². The number of hydrogen-bond acceptors (Lipinski definition) is 3. The van der Waals surface area contributed by atoms with Crippen LogP contribution in [0.15, 0.2) is 52.1 Å². The van der Waals surface area contributed by atoms with E-state index in [1.54, 1.807) is 24.5 Å². The molecular weight excluding hydrogens is 324 g/mol. The lowest BCUT2D eigenvalue weighted by atomic mass is 10.2. The van der Waals surface area contributed by atoms with Crippen molar-refractivity contribution in [1.29, 1.82) is 0 Å². The zero-order valence-electron chi connectivity index (χ0n) is 10.4. The minimum absolute atomic E-state index is 0.0153. The number of thioether (sulfide) groups is 1. The molecule has 0 radical (unpaired) electrons. The second-order valence-corrected chi connectivity index (χ2v) is 5.92. The number of amides is 1. The molecule has 98 valence electrons. The molecule has 0 aliphatic heterocycles. The smallest absolute Gasteiger partial charge is 0.234 e. The molecule has 19 heavy (non-hydrogen) atoms. The number of aromatic nitrogens is 1. The number of carbonyl (C=O) groups is 1. The van der Waals surface area contributed by atoms with E-state index in [1.165, 1.54) is 11.8 Å². The van der Waals surface area contributed by atoms with Gasteiger partial charge in [0, 0.05) is 27.4 Å². The lowest BCUT2D eigenvalue weighted by molar-refractivity contribution is -0.113. The van der Waals surface area contributed by atoms with Crippen LogP contribution < -0.4 is 5.32 Å². The highest BCUT2D eigenvalue weighted by Gasteiger charge is 2.05. The molecule has 1 heterocycles. The quantitative estimate of drug-likeness (QED) is 0.861. The zero-order chi connectivity index (χ0) is 13.7. The molecule has 3 nitrogen and oxygen atoms in total. The van der Waals surface area contributed by atoms with E-state index >= 15 is 0 Å². The first kappa shape index (κ1) is 14.1. The summed E-state index contributed by atoms with van der Waals surface area (Å²) in [6.45, 7) is 2.04. The van der Waals surface area contributed by atoms with Gasteiger partial charge < -0.3 is 5.32 Å². The van der Waals surface area contributed by atoms with Gasteiger partial charge in [0.1, 0.15) is 0 Å². The van der Waals surface area contributed by atoms with E-state index in [2.05, 4.69) is 26.2 Å². The number of anilines is 1. The maximum Gasteiger partial charge on any atom is 0.234 e. The summed E-state index contributed by atoms with van der Waals surface area (Å²) in [4.78, 5) is 16.8. The first-order valence-corrected chi connectivity index (χ1v) is 7.52. The van der Waals surface area contributed by atoms with E-state index in [1.807, 2.05) is 25.1 Å². The fourth-order valence-corrected chi connectivity index (χ4v) is 2.84. The maximum atomic E-state index is 11.8. The number of nitrogens with one attached hydrogen (secondary N) is 1. The Kier molecular flexibility index (Phi) is 4.99. The Hall–Kier alpha value is -1.33. The summed E-state index contributed by atoms with van der Waals surface area (Å²) in [7, 11) is 0. The normalized spacial score (nSPS) is 10.2. The van der Waals surface area contributed by atoms with Gasteiger partial charge in [-0.3, -0.25) is 9.78 Å². The van der Waals surface area contributed by atoms with Crippen LogP contribution in [0.4, 0.5) is 5.69 Å². The molecule has 0 aliphatic carbocycles. The number of carbonyl (C=O) groups excluding carboxylic acids is 1. The molecule has 2 aromatic rings. The van der Waals surface area contributed by atoms with Crippen molar-refractivity contribution in [3.63, 3.8) is 0 Å². The molecule has 0 aliphatic rings. The number of aryl methyl sites for hydroxylation is 1. The van der Waals surface area contributed by atoms with Gasteiger partial charge in [0.25, 0.3) is 0 Å². The predicted octanol–water partition coefficient (Wildman–Crippen LogP) is 3.88. The Morgan fingerprint density at radius 1 is 1.32 bits per heavy atom. The van der Waals surface area contributed by atoms with Crippen molar-refractivity contribution >= 4 is 39.3 Å². The summed E-state index contributed by atoms with van der Waals surface area (Å²) in [6, 6.07) is 9.59. The van der Waals surface area contributed by atoms with E-state index in [-0.39, 0.29) is 5.91 Å². The van der Waals surface area contributed by atoms with Crippen LogP contribution in [0.1, 0.15) is 5.56 Å². The molecule has 0 spiro atoms. The van der Waals surface area contributed by atoms with Crippen LogP contribution in [0.25, 0.3) is 0 Å². The Labute approximate surface area is 125 Å². The highest BCUT2D eigenvalue weighted by atomic mass is 79.9. The Morgan fingerprint density at radius 3 is 2.74 bits per heavy atom. The first-order chi connectivity index (χ1) is 9.15. The number of halogens is 1. The van der Waals surface area contributed by atoms with Gasteiger partial charge >= 0.3 is 0 Å². The number of benzene rings is 1. The van der Waals surface area contributed by atoms with Crippen LogP contribution in [-0.4, -0.2) is 16.6 Å².